The average Bonchev–Trinajstić information content (AvgIpc) is 2.47. The normalized spacial score (nSPS) is 15.9. The summed E-state index contributed by atoms with van der Waals surface area (Å²) in [6.07, 6.45) is 11.7. The maximum absolute atomic E-state index is 2.34. The molecule has 1 aliphatic carbocycles. The fourth-order valence-corrected chi connectivity index (χ4v) is 3.13. The Morgan fingerprint density at radius 1 is 0.857 bits per heavy atom. The van der Waals surface area contributed by atoms with Crippen LogP contribution in [0.4, 0.5) is 0 Å². The Bertz CT molecular complexity index is 330. The summed E-state index contributed by atoms with van der Waals surface area (Å²) < 4.78 is 0. The van der Waals surface area contributed by atoms with E-state index in [1.165, 1.54) is 56.9 Å². The molecule has 2 rings (SSSR count). The fourth-order valence-electron chi connectivity index (χ4n) is 3.13. The molecule has 0 bridgehead atoms. The fraction of sp³-hybridized carbons (Fsp3) is 0.714. The van der Waals surface area contributed by atoms with Gasteiger partial charge in [0.05, 0.1) is 0 Å². The molecule has 1 fully saturated rings. The monoisotopic (exact) mass is 288 g/mol. The predicted octanol–water partition coefficient (Wildman–Crippen LogP) is 6.89. The van der Waals surface area contributed by atoms with Crippen molar-refractivity contribution in [2.45, 2.75) is 79.1 Å². The molecule has 0 heterocycles. The summed E-state index contributed by atoms with van der Waals surface area (Å²) in [6, 6.07) is 10.6. The van der Waals surface area contributed by atoms with Crippen molar-refractivity contribution in [2.24, 2.45) is 17.8 Å². The Morgan fingerprint density at radius 3 is 2.00 bits per heavy atom. The summed E-state index contributed by atoms with van der Waals surface area (Å²) in [5.74, 6) is 2.77. The second-order valence-corrected chi connectivity index (χ2v) is 7.56. The standard InChI is InChI=1S/C11H22.C10H14/c1-10(2)8-9-11-6-4-3-5-7-11;1-9(2)8-10-6-4-3-5-7-10/h10-11H,3-9H2,1-2H3;3-7,9H,8H2,1-2H3. The molecule has 0 nitrogen and oxygen atoms in total. The van der Waals surface area contributed by atoms with E-state index in [1.807, 2.05) is 0 Å². The lowest BCUT2D eigenvalue weighted by Crippen LogP contribution is -2.06. The Balaban J connectivity index is 0.000000211. The van der Waals surface area contributed by atoms with Crippen LogP contribution >= 0.6 is 0 Å². The van der Waals surface area contributed by atoms with Crippen molar-refractivity contribution >= 4 is 0 Å². The summed E-state index contributed by atoms with van der Waals surface area (Å²) >= 11 is 0. The molecule has 0 radical (unpaired) electrons. The minimum absolute atomic E-state index is 0.766. The molecule has 120 valence electrons. The third-order valence-corrected chi connectivity index (χ3v) is 4.36. The largest absolute Gasteiger partial charge is 0.0628 e. The Kier molecular flexibility index (Phi) is 9.46. The van der Waals surface area contributed by atoms with Gasteiger partial charge in [0.1, 0.15) is 0 Å². The van der Waals surface area contributed by atoms with Gasteiger partial charge >= 0.3 is 0 Å². The molecule has 0 atom stereocenters. The summed E-state index contributed by atoms with van der Waals surface area (Å²) in [4.78, 5) is 0. The van der Waals surface area contributed by atoms with E-state index in [9.17, 15) is 0 Å². The highest BCUT2D eigenvalue weighted by molar-refractivity contribution is 5.14. The van der Waals surface area contributed by atoms with Crippen LogP contribution in [0.2, 0.25) is 0 Å². The topological polar surface area (TPSA) is 0 Å². The first kappa shape index (κ1) is 18.3. The van der Waals surface area contributed by atoms with Crippen LogP contribution in [0.1, 0.15) is 78.2 Å². The van der Waals surface area contributed by atoms with Gasteiger partial charge in [-0.15, -0.1) is 0 Å². The molecule has 0 unspecified atom stereocenters. The van der Waals surface area contributed by atoms with Crippen molar-refractivity contribution in [3.8, 4) is 0 Å². The van der Waals surface area contributed by atoms with Gasteiger partial charge in [0.25, 0.3) is 0 Å². The molecule has 0 heteroatoms. The SMILES string of the molecule is CC(C)CCC1CCCCC1.CC(C)Cc1ccccc1. The number of hydrogen-bond donors (Lipinski definition) is 0. The van der Waals surface area contributed by atoms with Crippen LogP contribution in [0.5, 0.6) is 0 Å². The smallest absolute Gasteiger partial charge is 0.0256 e. The van der Waals surface area contributed by atoms with Crippen molar-refractivity contribution in [3.63, 3.8) is 0 Å². The van der Waals surface area contributed by atoms with Crippen LogP contribution in [-0.2, 0) is 6.42 Å². The van der Waals surface area contributed by atoms with Gasteiger partial charge in [0.2, 0.25) is 0 Å². The maximum atomic E-state index is 2.34. The van der Waals surface area contributed by atoms with Crippen molar-refractivity contribution in [1.82, 2.24) is 0 Å². The van der Waals surface area contributed by atoms with E-state index >= 15 is 0 Å². The van der Waals surface area contributed by atoms with Crippen molar-refractivity contribution in [3.05, 3.63) is 35.9 Å². The van der Waals surface area contributed by atoms with Crippen LogP contribution in [0.25, 0.3) is 0 Å². The number of hydrogen-bond acceptors (Lipinski definition) is 0. The minimum Gasteiger partial charge on any atom is -0.0628 e. The predicted molar refractivity (Wildman–Crippen MR) is 95.6 cm³/mol. The molecular formula is C21H36. The zero-order valence-electron chi connectivity index (χ0n) is 14.8. The molecule has 0 N–H and O–H groups in total. The lowest BCUT2D eigenvalue weighted by molar-refractivity contribution is 0.317. The molecule has 0 amide bonds. The van der Waals surface area contributed by atoms with Crippen LogP contribution in [0.15, 0.2) is 30.3 Å². The van der Waals surface area contributed by atoms with E-state index in [2.05, 4.69) is 58.0 Å². The summed E-state index contributed by atoms with van der Waals surface area (Å²) in [5, 5.41) is 0. The van der Waals surface area contributed by atoms with Crippen LogP contribution in [0, 0.1) is 17.8 Å². The summed E-state index contributed by atoms with van der Waals surface area (Å²) in [7, 11) is 0. The highest BCUT2D eigenvalue weighted by atomic mass is 14.2. The van der Waals surface area contributed by atoms with Crippen LogP contribution in [0.3, 0.4) is 0 Å². The third kappa shape index (κ3) is 9.72. The molecule has 1 saturated carbocycles. The molecular weight excluding hydrogens is 252 g/mol. The minimum atomic E-state index is 0.766. The van der Waals surface area contributed by atoms with Gasteiger partial charge in [0.15, 0.2) is 0 Å². The molecule has 0 aliphatic heterocycles. The van der Waals surface area contributed by atoms with Gasteiger partial charge in [-0.3, -0.25) is 0 Å². The first-order valence-electron chi connectivity index (χ1n) is 9.11. The average molecular weight is 289 g/mol. The van der Waals surface area contributed by atoms with Gasteiger partial charge in [-0.05, 0) is 29.7 Å². The Hall–Kier alpha value is -0.780. The highest BCUT2D eigenvalue weighted by Crippen LogP contribution is 2.28. The quantitative estimate of drug-likeness (QED) is 0.553. The van der Waals surface area contributed by atoms with E-state index < -0.39 is 0 Å². The van der Waals surface area contributed by atoms with Crippen LogP contribution < -0.4 is 0 Å². The third-order valence-electron chi connectivity index (χ3n) is 4.36. The van der Waals surface area contributed by atoms with E-state index in [0.29, 0.717) is 0 Å². The van der Waals surface area contributed by atoms with Crippen molar-refractivity contribution < 1.29 is 0 Å². The summed E-state index contributed by atoms with van der Waals surface area (Å²) in [5.41, 5.74) is 1.44. The lowest BCUT2D eigenvalue weighted by Gasteiger charge is -2.21. The van der Waals surface area contributed by atoms with Crippen LogP contribution in [-0.4, -0.2) is 0 Å². The van der Waals surface area contributed by atoms with Gasteiger partial charge < -0.3 is 0 Å². The molecule has 21 heavy (non-hydrogen) atoms. The van der Waals surface area contributed by atoms with E-state index in [1.54, 1.807) is 0 Å². The molecule has 0 aromatic heterocycles. The number of benzene rings is 1. The maximum Gasteiger partial charge on any atom is -0.0256 e. The second-order valence-electron chi connectivity index (χ2n) is 7.56. The van der Waals surface area contributed by atoms with Crippen molar-refractivity contribution in [2.75, 3.05) is 0 Å². The molecule has 0 saturated heterocycles. The molecule has 0 spiro atoms. The highest BCUT2D eigenvalue weighted by Gasteiger charge is 2.12. The van der Waals surface area contributed by atoms with E-state index in [-0.39, 0.29) is 0 Å². The Morgan fingerprint density at radius 2 is 1.48 bits per heavy atom. The van der Waals surface area contributed by atoms with Crippen molar-refractivity contribution in [1.29, 1.82) is 0 Å². The van der Waals surface area contributed by atoms with E-state index in [0.717, 1.165) is 17.8 Å². The molecule has 1 aromatic carbocycles. The Labute approximate surface area is 133 Å². The zero-order chi connectivity index (χ0) is 15.5. The first-order chi connectivity index (χ1) is 10.1. The zero-order valence-corrected chi connectivity index (χ0v) is 14.8. The lowest BCUT2D eigenvalue weighted by atomic mass is 9.85. The van der Waals surface area contributed by atoms with Gasteiger partial charge in [-0.1, -0.05) is 103 Å². The molecule has 1 aliphatic rings. The second kappa shape index (κ2) is 10.9. The summed E-state index contributed by atoms with van der Waals surface area (Å²) in [6.45, 7) is 9.16. The number of rotatable bonds is 5. The van der Waals surface area contributed by atoms with Gasteiger partial charge in [-0.25, -0.2) is 0 Å². The van der Waals surface area contributed by atoms with Gasteiger partial charge in [-0.2, -0.15) is 0 Å². The molecule has 1 aromatic rings. The van der Waals surface area contributed by atoms with E-state index in [4.69, 9.17) is 0 Å². The first-order valence-corrected chi connectivity index (χ1v) is 9.11. The van der Waals surface area contributed by atoms with Gasteiger partial charge in [0, 0.05) is 0 Å².